The molecule has 0 aliphatic heterocycles. The highest BCUT2D eigenvalue weighted by molar-refractivity contribution is 7.22. The summed E-state index contributed by atoms with van der Waals surface area (Å²) < 4.78 is 1.13. The van der Waals surface area contributed by atoms with Crippen molar-refractivity contribution in [3.63, 3.8) is 0 Å². The summed E-state index contributed by atoms with van der Waals surface area (Å²) in [6, 6.07) is 9.96. The summed E-state index contributed by atoms with van der Waals surface area (Å²) in [4.78, 5) is 8.52. The fraction of sp³-hybridized carbons (Fsp3) is 0.0714. The quantitative estimate of drug-likeness (QED) is 0.769. The van der Waals surface area contributed by atoms with Crippen LogP contribution in [-0.2, 0) is 0 Å². The van der Waals surface area contributed by atoms with Gasteiger partial charge in [0.05, 0.1) is 27.7 Å². The SMILES string of the molecule is Cc1ccc2nc(Nc3cnccc3C#N)sc2c1. The molecule has 0 fully saturated rings. The van der Waals surface area contributed by atoms with Gasteiger partial charge in [0, 0.05) is 6.20 Å². The maximum Gasteiger partial charge on any atom is 0.188 e. The Kier molecular flexibility index (Phi) is 2.86. The molecule has 0 unspecified atom stereocenters. The molecule has 1 aromatic carbocycles. The number of thiazole rings is 1. The van der Waals surface area contributed by atoms with Crippen molar-refractivity contribution >= 4 is 32.4 Å². The van der Waals surface area contributed by atoms with Gasteiger partial charge in [-0.3, -0.25) is 4.98 Å². The van der Waals surface area contributed by atoms with Gasteiger partial charge in [0.15, 0.2) is 5.13 Å². The number of hydrogen-bond donors (Lipinski definition) is 1. The first-order chi connectivity index (χ1) is 9.26. The number of hydrogen-bond acceptors (Lipinski definition) is 5. The van der Waals surface area contributed by atoms with E-state index in [9.17, 15) is 0 Å². The van der Waals surface area contributed by atoms with Gasteiger partial charge in [-0.15, -0.1) is 0 Å². The van der Waals surface area contributed by atoms with Crippen LogP contribution in [0, 0.1) is 18.3 Å². The molecule has 5 heteroatoms. The van der Waals surface area contributed by atoms with Crippen molar-refractivity contribution in [2.75, 3.05) is 5.32 Å². The number of nitrogens with zero attached hydrogens (tertiary/aromatic N) is 3. The topological polar surface area (TPSA) is 61.6 Å². The molecule has 0 aliphatic carbocycles. The maximum atomic E-state index is 9.04. The normalized spacial score (nSPS) is 10.3. The van der Waals surface area contributed by atoms with Crippen LogP contribution in [0.2, 0.25) is 0 Å². The number of fused-ring (bicyclic) bond motifs is 1. The first kappa shape index (κ1) is 11.6. The number of nitrogens with one attached hydrogen (secondary N) is 1. The van der Waals surface area contributed by atoms with Crippen molar-refractivity contribution in [2.45, 2.75) is 6.92 Å². The standard InChI is InChI=1S/C14H10N4S/c1-9-2-3-11-13(6-9)19-14(17-11)18-12-8-16-5-4-10(12)7-15/h2-6,8H,1H3,(H,17,18). The summed E-state index contributed by atoms with van der Waals surface area (Å²) in [6.07, 6.45) is 3.24. The lowest BCUT2D eigenvalue weighted by Crippen LogP contribution is -1.93. The molecule has 0 radical (unpaired) electrons. The van der Waals surface area contributed by atoms with Crippen molar-refractivity contribution in [2.24, 2.45) is 0 Å². The lowest BCUT2D eigenvalue weighted by molar-refractivity contribution is 1.30. The molecule has 0 saturated carbocycles. The van der Waals surface area contributed by atoms with E-state index in [-0.39, 0.29) is 0 Å². The fourth-order valence-corrected chi connectivity index (χ4v) is 2.77. The fourth-order valence-electron chi connectivity index (χ4n) is 1.79. The van der Waals surface area contributed by atoms with Gasteiger partial charge in [-0.2, -0.15) is 5.26 Å². The Morgan fingerprint density at radius 2 is 2.21 bits per heavy atom. The van der Waals surface area contributed by atoms with Gasteiger partial charge in [0.1, 0.15) is 6.07 Å². The molecule has 0 atom stereocenters. The van der Waals surface area contributed by atoms with Crippen LogP contribution >= 0.6 is 11.3 Å². The molecule has 2 aromatic heterocycles. The van der Waals surface area contributed by atoms with Crippen LogP contribution in [0.1, 0.15) is 11.1 Å². The molecule has 3 rings (SSSR count). The Labute approximate surface area is 114 Å². The highest BCUT2D eigenvalue weighted by Gasteiger charge is 2.07. The van der Waals surface area contributed by atoms with E-state index in [1.807, 2.05) is 12.1 Å². The number of anilines is 2. The molecule has 0 spiro atoms. The Morgan fingerprint density at radius 3 is 3.05 bits per heavy atom. The third-order valence-corrected chi connectivity index (χ3v) is 3.66. The average Bonchev–Trinajstić information content (AvgIpc) is 2.80. The second-order valence-electron chi connectivity index (χ2n) is 4.15. The summed E-state index contributed by atoms with van der Waals surface area (Å²) in [7, 11) is 0. The largest absolute Gasteiger partial charge is 0.329 e. The molecule has 4 nitrogen and oxygen atoms in total. The van der Waals surface area contributed by atoms with Crippen LogP contribution in [0.25, 0.3) is 10.2 Å². The van der Waals surface area contributed by atoms with Crippen LogP contribution in [0.15, 0.2) is 36.7 Å². The Bertz CT molecular complexity index is 785. The maximum absolute atomic E-state index is 9.04. The first-order valence-corrected chi connectivity index (χ1v) is 6.56. The molecular weight excluding hydrogens is 256 g/mol. The number of pyridine rings is 1. The van der Waals surface area contributed by atoms with E-state index < -0.39 is 0 Å². The summed E-state index contributed by atoms with van der Waals surface area (Å²) in [5, 5.41) is 13.0. The number of aromatic nitrogens is 2. The highest BCUT2D eigenvalue weighted by atomic mass is 32.1. The van der Waals surface area contributed by atoms with Gasteiger partial charge in [0.25, 0.3) is 0 Å². The van der Waals surface area contributed by atoms with Crippen LogP contribution < -0.4 is 5.32 Å². The molecule has 19 heavy (non-hydrogen) atoms. The van der Waals surface area contributed by atoms with E-state index in [4.69, 9.17) is 5.26 Å². The van der Waals surface area contributed by atoms with E-state index in [1.54, 1.807) is 29.8 Å². The van der Waals surface area contributed by atoms with E-state index >= 15 is 0 Å². The highest BCUT2D eigenvalue weighted by Crippen LogP contribution is 2.29. The molecule has 0 bridgehead atoms. The Hall–Kier alpha value is -2.45. The van der Waals surface area contributed by atoms with Crippen LogP contribution in [0.5, 0.6) is 0 Å². The smallest absolute Gasteiger partial charge is 0.188 e. The molecule has 3 aromatic rings. The molecule has 0 aliphatic rings. The van der Waals surface area contributed by atoms with Gasteiger partial charge in [-0.1, -0.05) is 17.4 Å². The second kappa shape index (κ2) is 4.67. The van der Waals surface area contributed by atoms with Gasteiger partial charge in [0.2, 0.25) is 0 Å². The summed E-state index contributed by atoms with van der Waals surface area (Å²) in [5.41, 5.74) is 3.41. The van der Waals surface area contributed by atoms with Crippen molar-refractivity contribution in [3.8, 4) is 6.07 Å². The minimum Gasteiger partial charge on any atom is -0.329 e. The average molecular weight is 266 g/mol. The van der Waals surface area contributed by atoms with Crippen molar-refractivity contribution < 1.29 is 0 Å². The van der Waals surface area contributed by atoms with E-state index in [0.717, 1.165) is 15.3 Å². The molecule has 92 valence electrons. The van der Waals surface area contributed by atoms with Gasteiger partial charge in [-0.25, -0.2) is 4.98 Å². The lowest BCUT2D eigenvalue weighted by atomic mass is 10.2. The lowest BCUT2D eigenvalue weighted by Gasteiger charge is -2.02. The summed E-state index contributed by atoms with van der Waals surface area (Å²) >= 11 is 1.57. The first-order valence-electron chi connectivity index (χ1n) is 5.74. The third-order valence-electron chi connectivity index (χ3n) is 2.73. The second-order valence-corrected chi connectivity index (χ2v) is 5.18. The summed E-state index contributed by atoms with van der Waals surface area (Å²) in [6.45, 7) is 2.06. The van der Waals surface area contributed by atoms with Crippen molar-refractivity contribution in [1.82, 2.24) is 9.97 Å². The number of benzene rings is 1. The number of aryl methyl sites for hydroxylation is 1. The molecule has 1 N–H and O–H groups in total. The number of rotatable bonds is 2. The van der Waals surface area contributed by atoms with Gasteiger partial charge >= 0.3 is 0 Å². The molecular formula is C14H10N4S. The minimum absolute atomic E-state index is 0.561. The van der Waals surface area contributed by atoms with Crippen LogP contribution in [0.4, 0.5) is 10.8 Å². The zero-order chi connectivity index (χ0) is 13.2. The molecule has 2 heterocycles. The van der Waals surface area contributed by atoms with Crippen LogP contribution in [-0.4, -0.2) is 9.97 Å². The van der Waals surface area contributed by atoms with E-state index in [0.29, 0.717) is 11.3 Å². The summed E-state index contributed by atoms with van der Waals surface area (Å²) in [5.74, 6) is 0. The van der Waals surface area contributed by atoms with Crippen molar-refractivity contribution in [3.05, 3.63) is 47.8 Å². The molecule has 0 amide bonds. The number of nitriles is 1. The monoisotopic (exact) mass is 266 g/mol. The third kappa shape index (κ3) is 2.26. The van der Waals surface area contributed by atoms with Crippen molar-refractivity contribution in [1.29, 1.82) is 5.26 Å². The van der Waals surface area contributed by atoms with Crippen LogP contribution in [0.3, 0.4) is 0 Å². The zero-order valence-electron chi connectivity index (χ0n) is 10.2. The van der Waals surface area contributed by atoms with Gasteiger partial charge < -0.3 is 5.32 Å². The van der Waals surface area contributed by atoms with E-state index in [1.165, 1.54) is 5.56 Å². The Morgan fingerprint density at radius 1 is 1.32 bits per heavy atom. The van der Waals surface area contributed by atoms with Gasteiger partial charge in [-0.05, 0) is 30.7 Å². The predicted octanol–water partition coefficient (Wildman–Crippen LogP) is 3.62. The molecule has 0 saturated heterocycles. The van der Waals surface area contributed by atoms with E-state index in [2.05, 4.69) is 34.3 Å². The predicted molar refractivity (Wildman–Crippen MR) is 76.6 cm³/mol. The Balaban J connectivity index is 1.99. The zero-order valence-corrected chi connectivity index (χ0v) is 11.0. The minimum atomic E-state index is 0.561.